The summed E-state index contributed by atoms with van der Waals surface area (Å²) in [6.45, 7) is 0. The average molecular weight is 597 g/mol. The molecule has 4 N–H and O–H groups in total. The number of aromatic nitrogens is 3. The van der Waals surface area contributed by atoms with Crippen molar-refractivity contribution in [3.63, 3.8) is 0 Å². The van der Waals surface area contributed by atoms with Gasteiger partial charge in [0.1, 0.15) is 16.3 Å². The number of rotatable bonds is 8. The normalized spacial score (nSPS) is 12.1. The van der Waals surface area contributed by atoms with Crippen LogP contribution in [-0.4, -0.2) is 60.2 Å². The summed E-state index contributed by atoms with van der Waals surface area (Å²) in [5.74, 6) is -0.573. The predicted molar refractivity (Wildman–Crippen MR) is 137 cm³/mol. The number of hydrogen-bond donors (Lipinski definition) is 4. The third kappa shape index (κ3) is 6.13. The largest absolute Gasteiger partial charge is 0.505 e. The summed E-state index contributed by atoms with van der Waals surface area (Å²) in [4.78, 5) is 9.89. The molecule has 15 nitrogen and oxygen atoms in total. The fourth-order valence-corrected chi connectivity index (χ4v) is 4.71. The van der Waals surface area contributed by atoms with Crippen molar-refractivity contribution in [2.45, 2.75) is 9.79 Å². The quantitative estimate of drug-likeness (QED) is 0.166. The minimum Gasteiger partial charge on any atom is -0.505 e. The zero-order valence-electron chi connectivity index (χ0n) is 19.8. The van der Waals surface area contributed by atoms with Gasteiger partial charge in [-0.3, -0.25) is 9.11 Å². The van der Waals surface area contributed by atoms with E-state index in [1.54, 1.807) is 12.1 Å². The van der Waals surface area contributed by atoms with Crippen LogP contribution >= 0.6 is 11.6 Å². The Bertz CT molecular complexity index is 1830. The van der Waals surface area contributed by atoms with Crippen molar-refractivity contribution in [1.82, 2.24) is 15.0 Å². The summed E-state index contributed by atoms with van der Waals surface area (Å²) >= 11 is 5.87. The highest BCUT2D eigenvalue weighted by Crippen LogP contribution is 2.45. The lowest BCUT2D eigenvalue weighted by atomic mass is 10.1. The molecule has 0 aliphatic heterocycles. The minimum atomic E-state index is -5.03. The van der Waals surface area contributed by atoms with Crippen LogP contribution in [0.25, 0.3) is 10.8 Å². The van der Waals surface area contributed by atoms with Gasteiger partial charge >= 0.3 is 6.01 Å². The predicted octanol–water partition coefficient (Wildman–Crippen LogP) is 4.05. The Kier molecular flexibility index (Phi) is 7.53. The van der Waals surface area contributed by atoms with Gasteiger partial charge in [-0.1, -0.05) is 0 Å². The molecule has 0 unspecified atom stereocenters. The molecule has 39 heavy (non-hydrogen) atoms. The second kappa shape index (κ2) is 10.5. The molecule has 1 heterocycles. The summed E-state index contributed by atoms with van der Waals surface area (Å²) in [6, 6.07) is 8.53. The Balaban J connectivity index is 2.00. The summed E-state index contributed by atoms with van der Waals surface area (Å²) < 4.78 is 77.8. The van der Waals surface area contributed by atoms with Crippen LogP contribution in [0.3, 0.4) is 0 Å². The smallest absolute Gasteiger partial charge is 0.322 e. The maximum atomic E-state index is 12.2. The zero-order valence-corrected chi connectivity index (χ0v) is 22.2. The molecular formula is C21H17ClN6O9S2. The average Bonchev–Trinajstić information content (AvgIpc) is 2.86. The number of aromatic hydroxyl groups is 1. The highest BCUT2D eigenvalue weighted by molar-refractivity contribution is 7.86. The van der Waals surface area contributed by atoms with Gasteiger partial charge in [-0.2, -0.15) is 36.9 Å². The number of ether oxygens (including phenoxy) is 2. The summed E-state index contributed by atoms with van der Waals surface area (Å²) in [5, 5.41) is 20.8. The van der Waals surface area contributed by atoms with E-state index in [1.807, 2.05) is 0 Å². The van der Waals surface area contributed by atoms with E-state index in [0.717, 1.165) is 18.2 Å². The maximum absolute atomic E-state index is 12.2. The standard InChI is InChI=1S/C21H17ClN6O9S2/c1-36-12-5-3-11(4-6-12)27-28-17-15(39(33,34)35)8-10-7-13(38(30,31)32)9-14(16(10)18(17)29)23-20-24-19(22)25-21(26-20)37-2/h3-9,29H,1-2H3,(H,30,31,32)(H,33,34,35)(H,23,24,25,26). The zero-order chi connectivity index (χ0) is 28.5. The number of phenolic OH excluding ortho intramolecular Hbond substituents is 1. The van der Waals surface area contributed by atoms with Crippen LogP contribution in [0.1, 0.15) is 0 Å². The molecule has 0 aliphatic carbocycles. The van der Waals surface area contributed by atoms with Crippen LogP contribution in [0.2, 0.25) is 5.28 Å². The van der Waals surface area contributed by atoms with Gasteiger partial charge in [0.05, 0.1) is 30.5 Å². The lowest BCUT2D eigenvalue weighted by molar-refractivity contribution is 0.379. The van der Waals surface area contributed by atoms with Crippen molar-refractivity contribution in [3.05, 3.63) is 47.7 Å². The first-order valence-corrected chi connectivity index (χ1v) is 13.6. The molecule has 0 spiro atoms. The topological polar surface area (TPSA) is 223 Å². The number of benzene rings is 3. The molecule has 0 fully saturated rings. The van der Waals surface area contributed by atoms with Crippen molar-refractivity contribution >= 4 is 65.6 Å². The van der Waals surface area contributed by atoms with Crippen molar-refractivity contribution in [1.29, 1.82) is 0 Å². The van der Waals surface area contributed by atoms with E-state index in [-0.39, 0.29) is 39.4 Å². The highest BCUT2D eigenvalue weighted by Gasteiger charge is 2.26. The molecule has 0 saturated carbocycles. The molecule has 1 aromatic heterocycles. The number of anilines is 2. The molecule has 4 aromatic rings. The number of halogens is 1. The molecule has 0 bridgehead atoms. The Labute approximate surface area is 225 Å². The number of nitrogens with zero attached hydrogens (tertiary/aromatic N) is 5. The fraction of sp³-hybridized carbons (Fsp3) is 0.0952. The number of hydrogen-bond acceptors (Lipinski definition) is 13. The van der Waals surface area contributed by atoms with Gasteiger partial charge in [0.15, 0.2) is 5.75 Å². The highest BCUT2D eigenvalue weighted by atomic mass is 35.5. The van der Waals surface area contributed by atoms with Gasteiger partial charge in [-0.15, -0.1) is 5.11 Å². The summed E-state index contributed by atoms with van der Waals surface area (Å²) in [7, 11) is -7.16. The van der Waals surface area contributed by atoms with Gasteiger partial charge < -0.3 is 19.9 Å². The second-order valence-electron chi connectivity index (χ2n) is 7.53. The Morgan fingerprint density at radius 3 is 2.18 bits per heavy atom. The number of fused-ring (bicyclic) bond motifs is 1. The van der Waals surface area contributed by atoms with Crippen LogP contribution in [0, 0.1) is 0 Å². The third-order valence-electron chi connectivity index (χ3n) is 5.05. The van der Waals surface area contributed by atoms with E-state index in [1.165, 1.54) is 26.4 Å². The number of nitrogens with one attached hydrogen (secondary N) is 1. The molecule has 0 radical (unpaired) electrons. The van der Waals surface area contributed by atoms with E-state index >= 15 is 0 Å². The number of methoxy groups -OCH3 is 2. The lowest BCUT2D eigenvalue weighted by Crippen LogP contribution is -2.05. The van der Waals surface area contributed by atoms with Crippen molar-refractivity contribution in [2.24, 2.45) is 10.2 Å². The first-order valence-electron chi connectivity index (χ1n) is 10.4. The maximum Gasteiger partial charge on any atom is 0.322 e. The first kappa shape index (κ1) is 27.9. The number of azo groups is 1. The van der Waals surface area contributed by atoms with E-state index < -0.39 is 41.5 Å². The molecule has 0 amide bonds. The SMILES string of the molecule is COc1ccc(N=Nc2c(S(=O)(=O)O)cc3cc(S(=O)(=O)O)cc(Nc4nc(Cl)nc(OC)n4)c3c2O)cc1. The molecule has 0 atom stereocenters. The summed E-state index contributed by atoms with van der Waals surface area (Å²) in [5.41, 5.74) is -0.664. The van der Waals surface area contributed by atoms with Gasteiger partial charge in [-0.25, -0.2) is 0 Å². The van der Waals surface area contributed by atoms with Crippen LogP contribution < -0.4 is 14.8 Å². The summed E-state index contributed by atoms with van der Waals surface area (Å²) in [6.07, 6.45) is 0. The van der Waals surface area contributed by atoms with Crippen LogP contribution in [0.15, 0.2) is 62.5 Å². The second-order valence-corrected chi connectivity index (χ2v) is 10.7. The monoisotopic (exact) mass is 596 g/mol. The van der Waals surface area contributed by atoms with Gasteiger partial charge in [0.25, 0.3) is 20.2 Å². The fourth-order valence-electron chi connectivity index (χ4n) is 3.36. The van der Waals surface area contributed by atoms with E-state index in [9.17, 15) is 31.0 Å². The molecule has 0 saturated heterocycles. The van der Waals surface area contributed by atoms with Crippen molar-refractivity contribution in [2.75, 3.05) is 19.5 Å². The molecule has 204 valence electrons. The molecule has 18 heteroatoms. The van der Waals surface area contributed by atoms with E-state index in [0.29, 0.717) is 5.75 Å². The minimum absolute atomic E-state index is 0.200. The lowest BCUT2D eigenvalue weighted by Gasteiger charge is -2.15. The van der Waals surface area contributed by atoms with Crippen LogP contribution in [-0.2, 0) is 20.2 Å². The molecule has 0 aliphatic rings. The van der Waals surface area contributed by atoms with Crippen molar-refractivity contribution < 1.29 is 40.5 Å². The van der Waals surface area contributed by atoms with Gasteiger partial charge in [0, 0.05) is 5.39 Å². The molecule has 4 rings (SSSR count). The van der Waals surface area contributed by atoms with Crippen molar-refractivity contribution in [3.8, 4) is 17.5 Å². The van der Waals surface area contributed by atoms with Crippen LogP contribution in [0.5, 0.6) is 17.5 Å². The van der Waals surface area contributed by atoms with Gasteiger partial charge in [0.2, 0.25) is 11.2 Å². The van der Waals surface area contributed by atoms with E-state index in [2.05, 4.69) is 30.5 Å². The first-order chi connectivity index (χ1) is 18.3. The van der Waals surface area contributed by atoms with Crippen LogP contribution in [0.4, 0.5) is 23.0 Å². The molecular weight excluding hydrogens is 580 g/mol. The van der Waals surface area contributed by atoms with Gasteiger partial charge in [-0.05, 0) is 59.5 Å². The Morgan fingerprint density at radius 1 is 0.897 bits per heavy atom. The third-order valence-corrected chi connectivity index (χ3v) is 6.92. The Morgan fingerprint density at radius 2 is 1.59 bits per heavy atom. The molecule has 3 aromatic carbocycles. The Hall–Kier alpha value is -4.16. The van der Waals surface area contributed by atoms with E-state index in [4.69, 9.17) is 21.1 Å². The number of phenols is 1.